The predicted octanol–water partition coefficient (Wildman–Crippen LogP) is 4.18. The highest BCUT2D eigenvalue weighted by Gasteiger charge is 2.27. The Bertz CT molecular complexity index is 1280. The summed E-state index contributed by atoms with van der Waals surface area (Å²) in [6, 6.07) is 16.0. The molecule has 1 N–H and O–H groups in total. The van der Waals surface area contributed by atoms with Gasteiger partial charge in [0.25, 0.3) is 5.91 Å². The number of carbonyl (C=O) groups excluding carboxylic acids is 2. The molecule has 0 aliphatic carbocycles. The quantitative estimate of drug-likeness (QED) is 0.500. The highest BCUT2D eigenvalue weighted by molar-refractivity contribution is 7.89. The fraction of sp³-hybridized carbons (Fsp3) is 0.217. The minimum Gasteiger partial charge on any atom is -0.450 e. The Hall–Kier alpha value is -3.14. The minimum absolute atomic E-state index is 0.0728. The van der Waals surface area contributed by atoms with Crippen LogP contribution in [0.1, 0.15) is 23.4 Å². The average Bonchev–Trinajstić information content (AvgIpc) is 3.51. The van der Waals surface area contributed by atoms with E-state index >= 15 is 0 Å². The summed E-state index contributed by atoms with van der Waals surface area (Å²) >= 11 is 6.13. The highest BCUT2D eigenvalue weighted by atomic mass is 35.5. The lowest BCUT2D eigenvalue weighted by molar-refractivity contribution is -0.119. The average molecular weight is 489 g/mol. The van der Waals surface area contributed by atoms with Gasteiger partial charge < -0.3 is 14.5 Å². The number of anilines is 1. The number of nitrogens with zero attached hydrogens (tertiary/aromatic N) is 1. The van der Waals surface area contributed by atoms with Crippen LogP contribution in [0.25, 0.3) is 11.3 Å². The van der Waals surface area contributed by atoms with Crippen molar-refractivity contribution in [3.63, 3.8) is 0 Å². The summed E-state index contributed by atoms with van der Waals surface area (Å²) in [5.74, 6) is -1.10. The molecule has 0 saturated carbocycles. The van der Waals surface area contributed by atoms with Gasteiger partial charge in [0.05, 0.1) is 9.92 Å². The Morgan fingerprint density at radius 1 is 1.03 bits per heavy atom. The highest BCUT2D eigenvalue weighted by Crippen LogP contribution is 2.29. The summed E-state index contributed by atoms with van der Waals surface area (Å²) in [5, 5.41) is 3.02. The molecule has 8 nitrogen and oxygen atoms in total. The van der Waals surface area contributed by atoms with Crippen molar-refractivity contribution in [3.8, 4) is 11.3 Å². The number of rotatable bonds is 7. The van der Waals surface area contributed by atoms with Gasteiger partial charge in [0.2, 0.25) is 15.8 Å². The van der Waals surface area contributed by atoms with Crippen molar-refractivity contribution in [2.45, 2.75) is 17.7 Å². The van der Waals surface area contributed by atoms with Crippen LogP contribution < -0.4 is 5.32 Å². The maximum absolute atomic E-state index is 12.7. The van der Waals surface area contributed by atoms with Crippen LogP contribution in [0.2, 0.25) is 5.02 Å². The minimum atomic E-state index is -3.61. The van der Waals surface area contributed by atoms with Gasteiger partial charge in [-0.3, -0.25) is 4.79 Å². The molecule has 1 amide bonds. The summed E-state index contributed by atoms with van der Waals surface area (Å²) in [6.07, 6.45) is 1.66. The van der Waals surface area contributed by atoms with Crippen molar-refractivity contribution in [1.82, 2.24) is 4.31 Å². The van der Waals surface area contributed by atoms with Gasteiger partial charge in [-0.2, -0.15) is 4.31 Å². The van der Waals surface area contributed by atoms with Gasteiger partial charge in [-0.1, -0.05) is 29.8 Å². The number of hydrogen-bond acceptors (Lipinski definition) is 6. The predicted molar refractivity (Wildman–Crippen MR) is 123 cm³/mol. The van der Waals surface area contributed by atoms with E-state index in [4.69, 9.17) is 20.8 Å². The Labute approximate surface area is 196 Å². The van der Waals surface area contributed by atoms with E-state index < -0.39 is 28.5 Å². The van der Waals surface area contributed by atoms with Gasteiger partial charge in [0.15, 0.2) is 6.61 Å². The first-order chi connectivity index (χ1) is 15.8. The monoisotopic (exact) mass is 488 g/mol. The van der Waals surface area contributed by atoms with Crippen LogP contribution in [-0.4, -0.2) is 44.3 Å². The molecule has 0 spiro atoms. The summed E-state index contributed by atoms with van der Waals surface area (Å²) in [4.78, 5) is 24.6. The van der Waals surface area contributed by atoms with Crippen molar-refractivity contribution in [1.29, 1.82) is 0 Å². The maximum atomic E-state index is 12.7. The molecule has 0 bridgehead atoms. The number of carbonyl (C=O) groups is 2. The molecule has 1 aromatic heterocycles. The van der Waals surface area contributed by atoms with E-state index in [1.54, 1.807) is 42.5 Å². The lowest BCUT2D eigenvalue weighted by Crippen LogP contribution is -2.28. The van der Waals surface area contributed by atoms with E-state index in [1.807, 2.05) is 0 Å². The number of sulfonamides is 1. The van der Waals surface area contributed by atoms with Crippen molar-refractivity contribution in [3.05, 3.63) is 71.4 Å². The topological polar surface area (TPSA) is 106 Å². The SMILES string of the molecule is O=C(COC(=O)c1ccc(-c2ccccc2Cl)o1)Nc1cccc(S(=O)(=O)N2CCCC2)c1. The summed E-state index contributed by atoms with van der Waals surface area (Å²) in [5.41, 5.74) is 0.912. The summed E-state index contributed by atoms with van der Waals surface area (Å²) in [6.45, 7) is 0.406. The molecule has 0 atom stereocenters. The van der Waals surface area contributed by atoms with Crippen LogP contribution in [0.5, 0.6) is 0 Å². The third kappa shape index (κ3) is 5.27. The number of esters is 1. The second-order valence-corrected chi connectivity index (χ2v) is 9.75. The number of furan rings is 1. The lowest BCUT2D eigenvalue weighted by Gasteiger charge is -2.16. The molecule has 10 heteroatoms. The second kappa shape index (κ2) is 9.78. The first-order valence-electron chi connectivity index (χ1n) is 10.3. The van der Waals surface area contributed by atoms with E-state index in [1.165, 1.54) is 22.5 Å². The zero-order valence-electron chi connectivity index (χ0n) is 17.5. The molecule has 33 heavy (non-hydrogen) atoms. The van der Waals surface area contributed by atoms with Gasteiger partial charge in [0, 0.05) is 24.3 Å². The number of ether oxygens (including phenoxy) is 1. The molecular formula is C23H21ClN2O6S. The first kappa shape index (κ1) is 23.0. The molecular weight excluding hydrogens is 468 g/mol. The molecule has 172 valence electrons. The van der Waals surface area contributed by atoms with Crippen LogP contribution >= 0.6 is 11.6 Å². The molecule has 3 aromatic rings. The largest absolute Gasteiger partial charge is 0.450 e. The van der Waals surface area contributed by atoms with Gasteiger partial charge >= 0.3 is 5.97 Å². The standard InChI is InChI=1S/C23H21ClN2O6S/c24-19-9-2-1-8-18(19)20-10-11-21(32-20)23(28)31-15-22(27)25-16-6-5-7-17(14-16)33(29,30)26-12-3-4-13-26/h1-2,5-11,14H,3-4,12-13,15H2,(H,25,27). The Balaban J connectivity index is 1.35. The van der Waals surface area contributed by atoms with Crippen LogP contribution in [0.3, 0.4) is 0 Å². The molecule has 2 heterocycles. The molecule has 1 aliphatic heterocycles. The van der Waals surface area contributed by atoms with Crippen LogP contribution in [0, 0.1) is 0 Å². The van der Waals surface area contributed by atoms with Crippen molar-refractivity contribution in [2.24, 2.45) is 0 Å². The van der Waals surface area contributed by atoms with Gasteiger partial charge in [-0.05, 0) is 55.3 Å². The van der Waals surface area contributed by atoms with E-state index in [2.05, 4.69) is 5.32 Å². The normalized spacial score (nSPS) is 14.2. The Kier molecular flexibility index (Phi) is 6.83. The molecule has 2 aromatic carbocycles. The number of benzene rings is 2. The van der Waals surface area contributed by atoms with Crippen molar-refractivity contribution in [2.75, 3.05) is 25.0 Å². The van der Waals surface area contributed by atoms with Gasteiger partial charge in [-0.25, -0.2) is 13.2 Å². The third-order valence-corrected chi connectivity index (χ3v) is 7.33. The number of hydrogen-bond donors (Lipinski definition) is 1. The molecule has 0 unspecified atom stereocenters. The third-order valence-electron chi connectivity index (χ3n) is 5.10. The van der Waals surface area contributed by atoms with Gasteiger partial charge in [-0.15, -0.1) is 0 Å². The first-order valence-corrected chi connectivity index (χ1v) is 12.1. The lowest BCUT2D eigenvalue weighted by atomic mass is 10.2. The number of halogens is 1. The van der Waals surface area contributed by atoms with Crippen LogP contribution in [-0.2, 0) is 19.6 Å². The molecule has 1 saturated heterocycles. The smallest absolute Gasteiger partial charge is 0.374 e. The van der Waals surface area contributed by atoms with E-state index in [-0.39, 0.29) is 16.3 Å². The molecule has 1 fully saturated rings. The Morgan fingerprint density at radius 3 is 2.55 bits per heavy atom. The Morgan fingerprint density at radius 2 is 1.79 bits per heavy atom. The number of amides is 1. The zero-order chi connectivity index (χ0) is 23.4. The maximum Gasteiger partial charge on any atom is 0.374 e. The fourth-order valence-electron chi connectivity index (χ4n) is 3.46. The van der Waals surface area contributed by atoms with E-state index in [0.29, 0.717) is 29.4 Å². The van der Waals surface area contributed by atoms with Crippen LogP contribution in [0.4, 0.5) is 5.69 Å². The fourth-order valence-corrected chi connectivity index (χ4v) is 5.26. The van der Waals surface area contributed by atoms with Crippen molar-refractivity contribution < 1.29 is 27.2 Å². The zero-order valence-corrected chi connectivity index (χ0v) is 19.1. The second-order valence-electron chi connectivity index (χ2n) is 7.41. The van der Waals surface area contributed by atoms with E-state index in [0.717, 1.165) is 12.8 Å². The summed E-state index contributed by atoms with van der Waals surface area (Å²) in [7, 11) is -3.61. The van der Waals surface area contributed by atoms with Gasteiger partial charge in [0.1, 0.15) is 5.76 Å². The summed E-state index contributed by atoms with van der Waals surface area (Å²) < 4.78 is 37.3. The molecule has 1 aliphatic rings. The van der Waals surface area contributed by atoms with Crippen molar-refractivity contribution >= 4 is 39.2 Å². The van der Waals surface area contributed by atoms with Crippen LogP contribution in [0.15, 0.2) is 70.0 Å². The molecule has 4 rings (SSSR count). The number of nitrogens with one attached hydrogen (secondary N) is 1. The van der Waals surface area contributed by atoms with E-state index in [9.17, 15) is 18.0 Å². The molecule has 0 radical (unpaired) electrons.